The van der Waals surface area contributed by atoms with Crippen molar-refractivity contribution < 1.29 is 4.79 Å². The van der Waals surface area contributed by atoms with E-state index in [4.69, 9.17) is 0 Å². The van der Waals surface area contributed by atoms with E-state index in [1.54, 1.807) is 0 Å². The summed E-state index contributed by atoms with van der Waals surface area (Å²) < 4.78 is 0. The summed E-state index contributed by atoms with van der Waals surface area (Å²) in [6, 6.07) is 10.7. The summed E-state index contributed by atoms with van der Waals surface area (Å²) in [4.78, 5) is 17.3. The van der Waals surface area contributed by atoms with Crippen LogP contribution in [-0.2, 0) is 4.79 Å². The molecule has 2 aliphatic heterocycles. The second-order valence-electron chi connectivity index (χ2n) is 6.45. The van der Waals surface area contributed by atoms with Crippen molar-refractivity contribution in [2.75, 3.05) is 24.5 Å². The van der Waals surface area contributed by atoms with Crippen molar-refractivity contribution in [3.05, 3.63) is 30.3 Å². The Labute approximate surface area is 121 Å². The highest BCUT2D eigenvalue weighted by molar-refractivity contribution is 5.99. The van der Waals surface area contributed by atoms with Gasteiger partial charge in [0, 0.05) is 18.3 Å². The van der Waals surface area contributed by atoms with Gasteiger partial charge in [-0.2, -0.15) is 0 Å². The molecule has 0 bridgehead atoms. The van der Waals surface area contributed by atoms with Crippen LogP contribution in [0.15, 0.2) is 30.3 Å². The molecule has 108 valence electrons. The average Bonchev–Trinajstić information content (AvgIpc) is 2.78. The molecule has 0 aromatic heterocycles. The van der Waals surface area contributed by atoms with Gasteiger partial charge < -0.3 is 9.80 Å². The van der Waals surface area contributed by atoms with Crippen LogP contribution in [0.2, 0.25) is 0 Å². The number of amides is 1. The molecule has 0 N–H and O–H groups in total. The molecule has 0 unspecified atom stereocenters. The van der Waals surface area contributed by atoms with Crippen molar-refractivity contribution in [2.24, 2.45) is 5.41 Å². The number of likely N-dealkylation sites (tertiary alicyclic amines) is 1. The summed E-state index contributed by atoms with van der Waals surface area (Å²) in [7, 11) is 0. The van der Waals surface area contributed by atoms with Gasteiger partial charge in [0.2, 0.25) is 5.91 Å². The van der Waals surface area contributed by atoms with E-state index in [0.717, 1.165) is 44.6 Å². The number of para-hydroxylation sites is 1. The first-order valence-electron chi connectivity index (χ1n) is 7.73. The van der Waals surface area contributed by atoms with Crippen molar-refractivity contribution in [1.82, 2.24) is 4.90 Å². The molecule has 2 saturated heterocycles. The van der Waals surface area contributed by atoms with Crippen molar-refractivity contribution in [2.45, 2.75) is 39.2 Å². The van der Waals surface area contributed by atoms with E-state index in [0.29, 0.717) is 11.9 Å². The van der Waals surface area contributed by atoms with Crippen molar-refractivity contribution in [1.29, 1.82) is 0 Å². The number of carbonyl (C=O) groups is 1. The van der Waals surface area contributed by atoms with E-state index in [2.05, 4.69) is 18.7 Å². The molecule has 2 fully saturated rings. The van der Waals surface area contributed by atoms with Crippen molar-refractivity contribution >= 4 is 11.6 Å². The monoisotopic (exact) mass is 272 g/mol. The Morgan fingerprint density at radius 2 is 1.60 bits per heavy atom. The second kappa shape index (κ2) is 5.21. The Morgan fingerprint density at radius 1 is 1.00 bits per heavy atom. The maximum atomic E-state index is 12.9. The largest absolute Gasteiger partial charge is 0.312 e. The highest BCUT2D eigenvalue weighted by atomic mass is 16.2. The summed E-state index contributed by atoms with van der Waals surface area (Å²) in [5.41, 5.74) is 0.974. The molecule has 1 amide bonds. The average molecular weight is 272 g/mol. The number of benzene rings is 1. The fourth-order valence-electron chi connectivity index (χ4n) is 3.61. The lowest BCUT2D eigenvalue weighted by atomic mass is 9.77. The minimum absolute atomic E-state index is 0.0821. The number of carbonyl (C=O) groups excluding carboxylic acids is 1. The van der Waals surface area contributed by atoms with Gasteiger partial charge in [-0.25, -0.2) is 0 Å². The molecule has 0 atom stereocenters. The van der Waals surface area contributed by atoms with Gasteiger partial charge in [0.1, 0.15) is 0 Å². The lowest BCUT2D eigenvalue weighted by Gasteiger charge is -2.39. The number of hydrogen-bond donors (Lipinski definition) is 0. The fourth-order valence-corrected chi connectivity index (χ4v) is 3.61. The van der Waals surface area contributed by atoms with Gasteiger partial charge >= 0.3 is 0 Å². The Balaban J connectivity index is 1.73. The lowest BCUT2D eigenvalue weighted by Crippen LogP contribution is -2.46. The number of nitrogens with zero attached hydrogens (tertiary/aromatic N) is 2. The van der Waals surface area contributed by atoms with Gasteiger partial charge in [-0.15, -0.1) is 0 Å². The molecular formula is C17H24N2O. The topological polar surface area (TPSA) is 23.6 Å². The third kappa shape index (κ3) is 2.24. The van der Waals surface area contributed by atoms with Crippen LogP contribution in [0.25, 0.3) is 0 Å². The first-order chi connectivity index (χ1) is 9.62. The molecular weight excluding hydrogens is 248 g/mol. The van der Waals surface area contributed by atoms with Crippen LogP contribution >= 0.6 is 0 Å². The van der Waals surface area contributed by atoms with Gasteiger partial charge in [-0.3, -0.25) is 4.79 Å². The van der Waals surface area contributed by atoms with Crippen LogP contribution in [0.1, 0.15) is 33.1 Å². The fraction of sp³-hybridized carbons (Fsp3) is 0.588. The number of hydrogen-bond acceptors (Lipinski definition) is 2. The molecule has 20 heavy (non-hydrogen) atoms. The van der Waals surface area contributed by atoms with Crippen LogP contribution < -0.4 is 4.90 Å². The smallest absolute Gasteiger partial charge is 0.233 e. The highest BCUT2D eigenvalue weighted by Crippen LogP contribution is 2.43. The van der Waals surface area contributed by atoms with Gasteiger partial charge in [0.05, 0.1) is 5.41 Å². The van der Waals surface area contributed by atoms with Crippen molar-refractivity contribution in [3.8, 4) is 0 Å². The molecule has 3 rings (SSSR count). The van der Waals surface area contributed by atoms with Gasteiger partial charge in [-0.05, 0) is 58.3 Å². The van der Waals surface area contributed by atoms with Gasteiger partial charge in [-0.1, -0.05) is 18.2 Å². The maximum absolute atomic E-state index is 12.9. The SMILES string of the molecule is CC(C)N1CCC2(CCN(c3ccccc3)C2=O)CC1. The van der Waals surface area contributed by atoms with E-state index >= 15 is 0 Å². The van der Waals surface area contributed by atoms with E-state index in [9.17, 15) is 4.79 Å². The summed E-state index contributed by atoms with van der Waals surface area (Å²) in [5, 5.41) is 0. The van der Waals surface area contributed by atoms with Crippen LogP contribution in [0.5, 0.6) is 0 Å². The molecule has 1 aromatic rings. The molecule has 1 spiro atoms. The minimum atomic E-state index is -0.0821. The Hall–Kier alpha value is -1.35. The zero-order chi connectivity index (χ0) is 14.2. The molecule has 0 saturated carbocycles. The molecule has 3 heteroatoms. The third-order valence-electron chi connectivity index (χ3n) is 5.07. The summed E-state index contributed by atoms with van der Waals surface area (Å²) in [5.74, 6) is 0.354. The van der Waals surface area contributed by atoms with Crippen LogP contribution in [-0.4, -0.2) is 36.5 Å². The molecule has 0 aliphatic carbocycles. The molecule has 3 nitrogen and oxygen atoms in total. The van der Waals surface area contributed by atoms with Crippen LogP contribution in [0.4, 0.5) is 5.69 Å². The zero-order valence-electron chi connectivity index (χ0n) is 12.5. The second-order valence-corrected chi connectivity index (χ2v) is 6.45. The molecule has 2 heterocycles. The number of piperidine rings is 1. The molecule has 1 aromatic carbocycles. The Morgan fingerprint density at radius 3 is 2.20 bits per heavy atom. The summed E-state index contributed by atoms with van der Waals surface area (Å²) in [6.07, 6.45) is 3.06. The summed E-state index contributed by atoms with van der Waals surface area (Å²) in [6.45, 7) is 7.48. The van der Waals surface area contributed by atoms with E-state index in [1.165, 1.54) is 0 Å². The quantitative estimate of drug-likeness (QED) is 0.826. The molecule has 2 aliphatic rings. The number of rotatable bonds is 2. The maximum Gasteiger partial charge on any atom is 0.233 e. The normalized spacial score (nSPS) is 22.9. The van der Waals surface area contributed by atoms with Crippen LogP contribution in [0.3, 0.4) is 0 Å². The zero-order valence-corrected chi connectivity index (χ0v) is 12.5. The first kappa shape index (κ1) is 13.6. The number of anilines is 1. The Kier molecular flexibility index (Phi) is 3.55. The predicted octanol–water partition coefficient (Wildman–Crippen LogP) is 2.91. The van der Waals surface area contributed by atoms with E-state index in [1.807, 2.05) is 35.2 Å². The summed E-state index contributed by atoms with van der Waals surface area (Å²) >= 11 is 0. The highest BCUT2D eigenvalue weighted by Gasteiger charge is 2.48. The van der Waals surface area contributed by atoms with Gasteiger partial charge in [0.25, 0.3) is 0 Å². The van der Waals surface area contributed by atoms with E-state index in [-0.39, 0.29) is 5.41 Å². The Bertz CT molecular complexity index is 475. The third-order valence-corrected chi connectivity index (χ3v) is 5.07. The minimum Gasteiger partial charge on any atom is -0.312 e. The first-order valence-corrected chi connectivity index (χ1v) is 7.73. The predicted molar refractivity (Wildman–Crippen MR) is 81.8 cm³/mol. The molecule has 0 radical (unpaired) electrons. The standard InChI is InChI=1S/C17H24N2O/c1-14(2)18-11-8-17(9-12-18)10-13-19(16(17)20)15-6-4-3-5-7-15/h3-7,14H,8-13H2,1-2H3. The lowest BCUT2D eigenvalue weighted by molar-refractivity contribution is -0.128. The van der Waals surface area contributed by atoms with Gasteiger partial charge in [0.15, 0.2) is 0 Å². The van der Waals surface area contributed by atoms with Crippen LogP contribution in [0, 0.1) is 5.41 Å². The van der Waals surface area contributed by atoms with Crippen molar-refractivity contribution in [3.63, 3.8) is 0 Å². The van der Waals surface area contributed by atoms with E-state index < -0.39 is 0 Å².